The second-order valence-corrected chi connectivity index (χ2v) is 0.250. The predicted octanol–water partition coefficient (Wildman–Crippen LogP) is -2.45. The Hall–Kier alpha value is 0.309. The van der Waals surface area contributed by atoms with E-state index in [1.54, 1.807) is 0 Å². The van der Waals surface area contributed by atoms with E-state index in [0.717, 1.165) is 0 Å². The van der Waals surface area contributed by atoms with Gasteiger partial charge in [-0.15, -0.1) is 0 Å². The Morgan fingerprint density at radius 3 is 1.33 bits per heavy atom. The van der Waals surface area contributed by atoms with Crippen molar-refractivity contribution in [2.45, 2.75) is 0 Å². The van der Waals surface area contributed by atoms with Gasteiger partial charge >= 0.3 is 17.1 Å². The zero-order valence-electron chi connectivity index (χ0n) is 2.48. The van der Waals surface area contributed by atoms with E-state index in [1.165, 1.54) is 0 Å². The quantitative estimate of drug-likeness (QED) is 0.379. The Balaban J connectivity index is -0.0000000450. The first-order valence-corrected chi connectivity index (χ1v) is 0.612. The van der Waals surface area contributed by atoms with E-state index >= 15 is 0 Å². The first-order chi connectivity index (χ1) is 1.73. The molecule has 0 aromatic rings. The number of carboxylic acid groups (broad SMARTS) is 2. The van der Waals surface area contributed by atoms with E-state index in [2.05, 4.69) is 0 Å². The molecule has 3 nitrogen and oxygen atoms in total. The van der Waals surface area contributed by atoms with Gasteiger partial charge < -0.3 is 15.0 Å². The maximum Gasteiger partial charge on any atom is 2.00 e. The van der Waals surface area contributed by atoms with Gasteiger partial charge in [0.15, 0.2) is 0 Å². The third kappa shape index (κ3) is 494. The molecule has 0 fully saturated rings. The molecule has 0 aliphatic carbocycles. The van der Waals surface area contributed by atoms with Gasteiger partial charge in [-0.05, 0) is 6.16 Å². The molecule has 0 aliphatic heterocycles. The summed E-state index contributed by atoms with van der Waals surface area (Å²) in [5, 5.41) is 16.7. The normalized spacial score (nSPS) is 4.00. The minimum atomic E-state index is -2.33. The van der Waals surface area contributed by atoms with Crippen LogP contribution in [-0.2, 0) is 34.1 Å². The fraction of sp³-hybridized carbons (Fsp3) is 0. The van der Waals surface area contributed by atoms with E-state index in [4.69, 9.17) is 15.0 Å². The molecule has 36 valence electrons. The molecule has 0 aromatic carbocycles. The van der Waals surface area contributed by atoms with Gasteiger partial charge in [0.25, 0.3) is 0 Å². The third-order valence-corrected chi connectivity index (χ3v) is 0. The first kappa shape index (κ1) is 16.2. The van der Waals surface area contributed by atoms with Crippen molar-refractivity contribution >= 4 is 6.16 Å². The van der Waals surface area contributed by atoms with Gasteiger partial charge in [0, 0.05) is 17.1 Å². The number of carbonyl (C=O) groups is 1. The van der Waals surface area contributed by atoms with Crippen molar-refractivity contribution in [2.24, 2.45) is 0 Å². The molecule has 0 spiro atoms. The van der Waals surface area contributed by atoms with Crippen molar-refractivity contribution in [1.82, 2.24) is 0 Å². The Kier molecular flexibility index (Phi) is 24.4. The number of carbonyl (C=O) groups excluding carboxylic acids is 1. The molecule has 0 amide bonds. The van der Waals surface area contributed by atoms with E-state index in [0.29, 0.717) is 0 Å². The zero-order chi connectivity index (χ0) is 3.58. The van der Waals surface area contributed by atoms with Crippen LogP contribution in [0.15, 0.2) is 0 Å². The molecular formula is CMn2O3. The number of hydrogen-bond acceptors (Lipinski definition) is 3. The minimum Gasteiger partial charge on any atom is -0.652 e. The van der Waals surface area contributed by atoms with Crippen molar-refractivity contribution in [2.75, 3.05) is 0 Å². The van der Waals surface area contributed by atoms with Crippen LogP contribution in [0.5, 0.6) is 0 Å². The fourth-order valence-corrected chi connectivity index (χ4v) is 0. The molecule has 0 rings (SSSR count). The summed E-state index contributed by atoms with van der Waals surface area (Å²) in [6.07, 6.45) is -2.33. The van der Waals surface area contributed by atoms with Gasteiger partial charge in [-0.1, -0.05) is 0 Å². The molecule has 2 radical (unpaired) electrons. The molecule has 0 N–H and O–H groups in total. The van der Waals surface area contributed by atoms with Crippen LogP contribution >= 0.6 is 0 Å². The molecule has 6 heavy (non-hydrogen) atoms. The fourth-order valence-electron chi connectivity index (χ4n) is 0. The van der Waals surface area contributed by atoms with E-state index in [9.17, 15) is 0 Å². The summed E-state index contributed by atoms with van der Waals surface area (Å²) in [7, 11) is 0. The van der Waals surface area contributed by atoms with Gasteiger partial charge in [0.1, 0.15) is 0 Å². The molecule has 0 heterocycles. The summed E-state index contributed by atoms with van der Waals surface area (Å²) < 4.78 is 0. The SMILES string of the molecule is O=C([O-])[O-].[Mn+2].[Mn]. The molecule has 0 aromatic heterocycles. The number of rotatable bonds is 0. The van der Waals surface area contributed by atoms with Crippen LogP contribution in [0.3, 0.4) is 0 Å². The Morgan fingerprint density at radius 2 is 1.33 bits per heavy atom. The van der Waals surface area contributed by atoms with Crippen LogP contribution in [0.2, 0.25) is 0 Å². The average molecular weight is 170 g/mol. The molecule has 0 saturated carbocycles. The van der Waals surface area contributed by atoms with E-state index in [1.807, 2.05) is 0 Å². The van der Waals surface area contributed by atoms with Gasteiger partial charge in [-0.2, -0.15) is 0 Å². The molecule has 0 atom stereocenters. The van der Waals surface area contributed by atoms with Gasteiger partial charge in [0.2, 0.25) is 0 Å². The summed E-state index contributed by atoms with van der Waals surface area (Å²) in [6, 6.07) is 0. The van der Waals surface area contributed by atoms with Crippen LogP contribution in [0.4, 0.5) is 4.79 Å². The van der Waals surface area contributed by atoms with Gasteiger partial charge in [0.05, 0.1) is 0 Å². The minimum absolute atomic E-state index is 0. The summed E-state index contributed by atoms with van der Waals surface area (Å²) in [5.41, 5.74) is 0. The van der Waals surface area contributed by atoms with Crippen LogP contribution in [0.1, 0.15) is 0 Å². The van der Waals surface area contributed by atoms with Crippen LogP contribution in [0, 0.1) is 0 Å². The summed E-state index contributed by atoms with van der Waals surface area (Å²) in [6.45, 7) is 0. The van der Waals surface area contributed by atoms with Crippen molar-refractivity contribution in [3.8, 4) is 0 Å². The van der Waals surface area contributed by atoms with Crippen LogP contribution < -0.4 is 10.2 Å². The Bertz CT molecular complexity index is 31.8. The maximum atomic E-state index is 8.33. The molecule has 0 aliphatic rings. The van der Waals surface area contributed by atoms with E-state index in [-0.39, 0.29) is 34.1 Å². The topological polar surface area (TPSA) is 63.2 Å². The Morgan fingerprint density at radius 1 is 1.33 bits per heavy atom. The molecule has 0 bridgehead atoms. The van der Waals surface area contributed by atoms with Crippen molar-refractivity contribution < 1.29 is 49.1 Å². The second kappa shape index (κ2) is 9.00. The van der Waals surface area contributed by atoms with Crippen molar-refractivity contribution in [3.05, 3.63) is 0 Å². The average Bonchev–Trinajstić information content (AvgIpc) is 0.811. The number of hydrogen-bond donors (Lipinski definition) is 0. The van der Waals surface area contributed by atoms with Gasteiger partial charge in [-0.25, -0.2) is 0 Å². The monoisotopic (exact) mass is 170 g/mol. The molecular weight excluding hydrogens is 170 g/mol. The smallest absolute Gasteiger partial charge is 0.652 e. The first-order valence-electron chi connectivity index (χ1n) is 0.612. The summed E-state index contributed by atoms with van der Waals surface area (Å²) >= 11 is 0. The van der Waals surface area contributed by atoms with E-state index < -0.39 is 6.16 Å². The van der Waals surface area contributed by atoms with Gasteiger partial charge in [-0.3, -0.25) is 0 Å². The Labute approximate surface area is 55.7 Å². The molecule has 0 saturated heterocycles. The van der Waals surface area contributed by atoms with Crippen molar-refractivity contribution in [3.63, 3.8) is 0 Å². The largest absolute Gasteiger partial charge is 2.00 e. The maximum absolute atomic E-state index is 8.33. The summed E-state index contributed by atoms with van der Waals surface area (Å²) in [4.78, 5) is 8.33. The molecule has 0 unspecified atom stereocenters. The second-order valence-electron chi connectivity index (χ2n) is 0.250. The summed E-state index contributed by atoms with van der Waals surface area (Å²) in [5.74, 6) is 0. The predicted molar refractivity (Wildman–Crippen MR) is 5.40 cm³/mol. The third-order valence-electron chi connectivity index (χ3n) is 0. The van der Waals surface area contributed by atoms with Crippen LogP contribution in [0.25, 0.3) is 0 Å². The molecule has 5 heteroatoms. The standard InChI is InChI=1S/CH2O3.2Mn/c2-1(3)4;;/h(H2,2,3,4);;/q;;+2/p-2. The van der Waals surface area contributed by atoms with Crippen molar-refractivity contribution in [1.29, 1.82) is 0 Å². The zero-order valence-corrected chi connectivity index (χ0v) is 4.84. The van der Waals surface area contributed by atoms with Crippen LogP contribution in [-0.4, -0.2) is 6.16 Å².